The molecule has 0 spiro atoms. The molecule has 0 aliphatic heterocycles. The Labute approximate surface area is 252 Å². The Kier molecular flexibility index (Phi) is 9.06. The first-order valence-corrected chi connectivity index (χ1v) is 14.5. The molecular weight excluding hydrogens is 568 g/mol. The van der Waals surface area contributed by atoms with Gasteiger partial charge in [-0.15, -0.1) is 11.8 Å². The maximum atomic E-state index is 13.4. The lowest BCUT2D eigenvalue weighted by molar-refractivity contribution is -0.114. The number of rotatable bonds is 9. The molecule has 0 aliphatic rings. The Balaban J connectivity index is 1.26. The molecule has 5 rings (SSSR count). The molecule has 42 heavy (non-hydrogen) atoms. The van der Waals surface area contributed by atoms with Crippen molar-refractivity contribution in [1.29, 1.82) is 0 Å². The molecule has 7 nitrogen and oxygen atoms in total. The fourth-order valence-electron chi connectivity index (χ4n) is 4.21. The maximum Gasteiger partial charge on any atom is 0.272 e. The zero-order chi connectivity index (χ0) is 29.5. The molecule has 1 aromatic heterocycles. The summed E-state index contributed by atoms with van der Waals surface area (Å²) in [4.78, 5) is 42.8. The summed E-state index contributed by atoms with van der Waals surface area (Å²) in [5.41, 5.74) is 4.35. The monoisotopic (exact) mass is 594 g/mol. The number of fused-ring (bicyclic) bond motifs is 1. The molecule has 1 heterocycles. The third-order valence-electron chi connectivity index (χ3n) is 6.37. The van der Waals surface area contributed by atoms with Gasteiger partial charge in [0.15, 0.2) is 0 Å². The second-order valence-corrected chi connectivity index (χ2v) is 10.9. The number of halogens is 1. The summed E-state index contributed by atoms with van der Waals surface area (Å²) >= 11 is 7.43. The van der Waals surface area contributed by atoms with Crippen LogP contribution in [0.25, 0.3) is 17.0 Å². The zero-order valence-electron chi connectivity index (χ0n) is 22.6. The van der Waals surface area contributed by atoms with E-state index in [-0.39, 0.29) is 17.4 Å². The van der Waals surface area contributed by atoms with E-state index in [4.69, 9.17) is 11.6 Å². The van der Waals surface area contributed by atoms with E-state index in [1.165, 1.54) is 11.8 Å². The van der Waals surface area contributed by atoms with Crippen molar-refractivity contribution < 1.29 is 14.4 Å². The summed E-state index contributed by atoms with van der Waals surface area (Å²) in [6, 6.07) is 28.9. The highest BCUT2D eigenvalue weighted by Crippen LogP contribution is 2.24. The van der Waals surface area contributed by atoms with Gasteiger partial charge < -0.3 is 20.9 Å². The van der Waals surface area contributed by atoms with E-state index in [1.54, 1.807) is 60.8 Å². The molecule has 0 saturated carbocycles. The number of nitrogens with one attached hydrogen (secondary N) is 4. The van der Waals surface area contributed by atoms with E-state index in [0.717, 1.165) is 26.9 Å². The van der Waals surface area contributed by atoms with E-state index in [2.05, 4.69) is 20.9 Å². The highest BCUT2D eigenvalue weighted by Gasteiger charge is 2.16. The fraction of sp³-hybridized carbons (Fsp3) is 0.0606. The van der Waals surface area contributed by atoms with E-state index in [9.17, 15) is 14.4 Å². The van der Waals surface area contributed by atoms with Crippen molar-refractivity contribution in [2.45, 2.75) is 11.8 Å². The Morgan fingerprint density at radius 2 is 1.57 bits per heavy atom. The Bertz CT molecular complexity index is 1780. The standard InChI is InChI=1S/C33H27ClN4O3S/c1-21-17-25(13-16-28(21)34)36-31(39)20-42-26-14-11-24(12-15-26)37-33(41)30(38-32(40)22-7-3-2-4-8-22)18-23-19-35-29-10-6-5-9-27(23)29/h2-19,35H,20H2,1H3,(H,36,39)(H,37,41)(H,38,40)/b30-18+. The molecule has 0 aliphatic carbocycles. The first-order chi connectivity index (χ1) is 20.4. The predicted octanol–water partition coefficient (Wildman–Crippen LogP) is 7.27. The molecule has 0 unspecified atom stereocenters. The van der Waals surface area contributed by atoms with Crippen LogP contribution < -0.4 is 16.0 Å². The number of amides is 3. The first kappa shape index (κ1) is 28.7. The van der Waals surface area contributed by atoms with Gasteiger partial charge in [0.05, 0.1) is 5.75 Å². The molecule has 4 aromatic carbocycles. The smallest absolute Gasteiger partial charge is 0.272 e. The van der Waals surface area contributed by atoms with Crippen molar-refractivity contribution in [2.24, 2.45) is 0 Å². The quantitative estimate of drug-likeness (QED) is 0.106. The lowest BCUT2D eigenvalue weighted by Crippen LogP contribution is -2.30. The van der Waals surface area contributed by atoms with Crippen molar-refractivity contribution in [3.8, 4) is 0 Å². The number of hydrogen-bond donors (Lipinski definition) is 4. The third kappa shape index (κ3) is 7.28. The summed E-state index contributed by atoms with van der Waals surface area (Å²) in [5, 5.41) is 10.1. The van der Waals surface area contributed by atoms with Gasteiger partial charge in [0.1, 0.15) is 5.70 Å². The van der Waals surface area contributed by atoms with Crippen LogP contribution in [0.1, 0.15) is 21.5 Å². The molecule has 0 radical (unpaired) electrons. The highest BCUT2D eigenvalue weighted by atomic mass is 35.5. The molecular formula is C33H27ClN4O3S. The summed E-state index contributed by atoms with van der Waals surface area (Å²) in [6.45, 7) is 1.88. The van der Waals surface area contributed by atoms with Crippen LogP contribution in [0.3, 0.4) is 0 Å². The number of aryl methyl sites for hydroxylation is 1. The number of thioether (sulfide) groups is 1. The van der Waals surface area contributed by atoms with Gasteiger partial charge in [-0.2, -0.15) is 0 Å². The number of carbonyl (C=O) groups excluding carboxylic acids is 3. The average Bonchev–Trinajstić information content (AvgIpc) is 3.41. The minimum atomic E-state index is -0.470. The topological polar surface area (TPSA) is 103 Å². The Morgan fingerprint density at radius 1 is 0.857 bits per heavy atom. The van der Waals surface area contributed by atoms with Gasteiger partial charge in [-0.05, 0) is 79.2 Å². The normalized spacial score (nSPS) is 11.2. The lowest BCUT2D eigenvalue weighted by atomic mass is 10.1. The van der Waals surface area contributed by atoms with Crippen LogP contribution in [-0.2, 0) is 9.59 Å². The Morgan fingerprint density at radius 3 is 2.33 bits per heavy atom. The van der Waals surface area contributed by atoms with Crippen molar-refractivity contribution in [3.63, 3.8) is 0 Å². The molecule has 210 valence electrons. The van der Waals surface area contributed by atoms with Gasteiger partial charge in [0.25, 0.3) is 11.8 Å². The average molecular weight is 595 g/mol. The van der Waals surface area contributed by atoms with Crippen molar-refractivity contribution in [2.75, 3.05) is 16.4 Å². The second kappa shape index (κ2) is 13.2. The third-order valence-corrected chi connectivity index (χ3v) is 7.81. The molecule has 0 bridgehead atoms. The zero-order valence-corrected chi connectivity index (χ0v) is 24.2. The number of aromatic amines is 1. The summed E-state index contributed by atoms with van der Waals surface area (Å²) in [7, 11) is 0. The van der Waals surface area contributed by atoms with Crippen LogP contribution in [-0.4, -0.2) is 28.5 Å². The van der Waals surface area contributed by atoms with Gasteiger partial charge >= 0.3 is 0 Å². The number of hydrogen-bond acceptors (Lipinski definition) is 4. The van der Waals surface area contributed by atoms with E-state index < -0.39 is 11.8 Å². The molecule has 0 atom stereocenters. The van der Waals surface area contributed by atoms with Gasteiger partial charge in [0, 0.05) is 49.5 Å². The molecule has 0 fully saturated rings. The highest BCUT2D eigenvalue weighted by molar-refractivity contribution is 8.00. The molecule has 5 aromatic rings. The molecule has 0 saturated heterocycles. The minimum absolute atomic E-state index is 0.0983. The van der Waals surface area contributed by atoms with Crippen LogP contribution in [0.5, 0.6) is 0 Å². The SMILES string of the molecule is Cc1cc(NC(=O)CSc2ccc(NC(=O)/C(=C\c3c[nH]c4ccccc34)NC(=O)c3ccccc3)cc2)ccc1Cl. The lowest BCUT2D eigenvalue weighted by Gasteiger charge is -2.12. The first-order valence-electron chi connectivity index (χ1n) is 13.1. The van der Waals surface area contributed by atoms with E-state index in [1.807, 2.05) is 55.5 Å². The minimum Gasteiger partial charge on any atom is -0.361 e. The number of benzene rings is 4. The fourth-order valence-corrected chi connectivity index (χ4v) is 5.03. The van der Waals surface area contributed by atoms with Crippen LogP contribution in [0.4, 0.5) is 11.4 Å². The van der Waals surface area contributed by atoms with Crippen LogP contribution >= 0.6 is 23.4 Å². The largest absolute Gasteiger partial charge is 0.361 e. The maximum absolute atomic E-state index is 13.4. The van der Waals surface area contributed by atoms with Gasteiger partial charge in [-0.25, -0.2) is 0 Å². The number of H-pyrrole nitrogens is 1. The summed E-state index contributed by atoms with van der Waals surface area (Å²) in [5.74, 6) is -0.783. The van der Waals surface area contributed by atoms with Crippen molar-refractivity contribution in [3.05, 3.63) is 131 Å². The van der Waals surface area contributed by atoms with Crippen molar-refractivity contribution in [1.82, 2.24) is 10.3 Å². The Hall–Kier alpha value is -4.79. The summed E-state index contributed by atoms with van der Waals surface area (Å²) < 4.78 is 0. The van der Waals surface area contributed by atoms with Crippen molar-refractivity contribution >= 4 is 69.4 Å². The van der Waals surface area contributed by atoms with E-state index >= 15 is 0 Å². The van der Waals surface area contributed by atoms with Gasteiger partial charge in [-0.1, -0.05) is 48.0 Å². The molecule has 9 heteroatoms. The number of carbonyl (C=O) groups is 3. The summed E-state index contributed by atoms with van der Waals surface area (Å²) in [6.07, 6.45) is 3.45. The molecule has 3 amide bonds. The van der Waals surface area contributed by atoms with Crippen LogP contribution in [0.2, 0.25) is 5.02 Å². The van der Waals surface area contributed by atoms with E-state index in [0.29, 0.717) is 22.0 Å². The molecule has 4 N–H and O–H groups in total. The number of para-hydroxylation sites is 1. The van der Waals surface area contributed by atoms with Crippen LogP contribution in [0.15, 0.2) is 114 Å². The predicted molar refractivity (Wildman–Crippen MR) is 171 cm³/mol. The number of aromatic nitrogens is 1. The number of anilines is 2. The van der Waals surface area contributed by atoms with Gasteiger partial charge in [0.2, 0.25) is 5.91 Å². The van der Waals surface area contributed by atoms with Crippen LogP contribution in [0, 0.1) is 6.92 Å². The second-order valence-electron chi connectivity index (χ2n) is 9.45. The van der Waals surface area contributed by atoms with Gasteiger partial charge in [-0.3, -0.25) is 14.4 Å².